The van der Waals surface area contributed by atoms with Crippen LogP contribution >= 0.6 is 15.9 Å². The number of rotatable bonds is 7. The Balaban J connectivity index is 1.53. The molecule has 150 valence electrons. The second kappa shape index (κ2) is 9.43. The van der Waals surface area contributed by atoms with Crippen molar-refractivity contribution in [1.29, 1.82) is 0 Å². The molecular weight excluding hydrogens is 422 g/mol. The van der Waals surface area contributed by atoms with Crippen molar-refractivity contribution in [3.63, 3.8) is 0 Å². The zero-order chi connectivity index (χ0) is 20.1. The highest BCUT2D eigenvalue weighted by Crippen LogP contribution is 2.28. The lowest BCUT2D eigenvalue weighted by Crippen LogP contribution is -2.30. The van der Waals surface area contributed by atoms with Gasteiger partial charge in [0.15, 0.2) is 6.10 Å². The molecule has 2 aromatic rings. The van der Waals surface area contributed by atoms with Gasteiger partial charge in [0.1, 0.15) is 18.1 Å². The molecule has 6 heteroatoms. The molecule has 1 heterocycles. The summed E-state index contributed by atoms with van der Waals surface area (Å²) < 4.78 is 18.2. The molecule has 0 unspecified atom stereocenters. The molecule has 3 rings (SSSR count). The number of benzene rings is 2. The van der Waals surface area contributed by atoms with E-state index in [0.717, 1.165) is 46.5 Å². The maximum atomic E-state index is 12.5. The molecule has 28 heavy (non-hydrogen) atoms. The van der Waals surface area contributed by atoms with Gasteiger partial charge in [-0.15, -0.1) is 0 Å². The predicted octanol–water partition coefficient (Wildman–Crippen LogP) is 5.03. The van der Waals surface area contributed by atoms with Gasteiger partial charge in [0.25, 0.3) is 5.91 Å². The third kappa shape index (κ3) is 5.49. The van der Waals surface area contributed by atoms with Crippen LogP contribution < -0.4 is 14.8 Å². The quantitative estimate of drug-likeness (QED) is 0.646. The predicted molar refractivity (Wildman–Crippen MR) is 113 cm³/mol. The third-order valence-electron chi connectivity index (χ3n) is 4.67. The zero-order valence-electron chi connectivity index (χ0n) is 16.5. The van der Waals surface area contributed by atoms with Crippen LogP contribution in [0.4, 0.5) is 5.69 Å². The molecule has 1 N–H and O–H groups in total. The lowest BCUT2D eigenvalue weighted by Gasteiger charge is -2.18. The van der Waals surface area contributed by atoms with Crippen molar-refractivity contribution in [2.75, 3.05) is 18.5 Å². The Labute approximate surface area is 174 Å². The first-order valence-corrected chi connectivity index (χ1v) is 10.3. The number of hydrogen-bond donors (Lipinski definition) is 1. The van der Waals surface area contributed by atoms with Gasteiger partial charge in [0.2, 0.25) is 0 Å². The summed E-state index contributed by atoms with van der Waals surface area (Å²) in [6.07, 6.45) is 1.71. The van der Waals surface area contributed by atoms with Gasteiger partial charge in [0.05, 0.1) is 6.10 Å². The summed E-state index contributed by atoms with van der Waals surface area (Å²) in [5.74, 6) is 1.30. The number of halogens is 1. The normalized spacial score (nSPS) is 17.2. The molecule has 5 nitrogen and oxygen atoms in total. The number of amides is 1. The molecule has 1 saturated heterocycles. The Morgan fingerprint density at radius 3 is 2.54 bits per heavy atom. The highest BCUT2D eigenvalue weighted by molar-refractivity contribution is 9.10. The fourth-order valence-electron chi connectivity index (χ4n) is 3.16. The number of hydrogen-bond acceptors (Lipinski definition) is 4. The zero-order valence-corrected chi connectivity index (χ0v) is 18.0. The Morgan fingerprint density at radius 1 is 1.25 bits per heavy atom. The van der Waals surface area contributed by atoms with Crippen LogP contribution in [0.2, 0.25) is 0 Å². The molecule has 0 aromatic heterocycles. The standard InChI is InChI=1S/C22H26BrNO4/c1-14-11-17(23)12-15(2)21(14)28-16(3)22(25)24-18-6-8-19(9-7-18)27-13-20-5-4-10-26-20/h6-9,11-12,16,20H,4-5,10,13H2,1-3H3,(H,24,25)/t16-,20+/m0/s1. The van der Waals surface area contributed by atoms with Crippen LogP contribution in [-0.4, -0.2) is 31.3 Å². The Hall–Kier alpha value is -2.05. The van der Waals surface area contributed by atoms with E-state index >= 15 is 0 Å². The summed E-state index contributed by atoms with van der Waals surface area (Å²) in [4.78, 5) is 12.5. The van der Waals surface area contributed by atoms with Crippen molar-refractivity contribution in [1.82, 2.24) is 0 Å². The largest absolute Gasteiger partial charge is 0.491 e. The molecule has 2 aromatic carbocycles. The van der Waals surface area contributed by atoms with Crippen LogP contribution in [0.5, 0.6) is 11.5 Å². The number of carbonyl (C=O) groups excluding carboxylic acids is 1. The van der Waals surface area contributed by atoms with Crippen LogP contribution in [0.15, 0.2) is 40.9 Å². The molecule has 1 amide bonds. The summed E-state index contributed by atoms with van der Waals surface area (Å²) >= 11 is 3.47. The number of aryl methyl sites for hydroxylation is 2. The van der Waals surface area contributed by atoms with Crippen LogP contribution in [0.25, 0.3) is 0 Å². The smallest absolute Gasteiger partial charge is 0.265 e. The van der Waals surface area contributed by atoms with Crippen molar-refractivity contribution in [2.45, 2.75) is 45.8 Å². The van der Waals surface area contributed by atoms with E-state index in [0.29, 0.717) is 12.3 Å². The summed E-state index contributed by atoms with van der Waals surface area (Å²) in [5, 5.41) is 2.88. The first-order chi connectivity index (χ1) is 13.4. The minimum Gasteiger partial charge on any atom is -0.491 e. The Bertz CT molecular complexity index is 793. The van der Waals surface area contributed by atoms with E-state index in [1.807, 2.05) is 50.2 Å². The van der Waals surface area contributed by atoms with E-state index in [9.17, 15) is 4.79 Å². The van der Waals surface area contributed by atoms with E-state index in [-0.39, 0.29) is 12.0 Å². The van der Waals surface area contributed by atoms with E-state index in [1.165, 1.54) is 0 Å². The van der Waals surface area contributed by atoms with E-state index in [1.54, 1.807) is 6.92 Å². The minimum absolute atomic E-state index is 0.183. The van der Waals surface area contributed by atoms with Crippen LogP contribution in [0, 0.1) is 13.8 Å². The first-order valence-electron chi connectivity index (χ1n) is 9.51. The average molecular weight is 448 g/mol. The molecule has 1 aliphatic rings. The lowest BCUT2D eigenvalue weighted by atomic mass is 10.1. The molecule has 0 aliphatic carbocycles. The van der Waals surface area contributed by atoms with Crippen molar-refractivity contribution in [2.24, 2.45) is 0 Å². The summed E-state index contributed by atoms with van der Waals surface area (Å²) in [6.45, 7) is 7.05. The van der Waals surface area contributed by atoms with Crippen molar-refractivity contribution >= 4 is 27.5 Å². The molecule has 1 aliphatic heterocycles. The molecular formula is C22H26BrNO4. The molecule has 2 atom stereocenters. The summed E-state index contributed by atoms with van der Waals surface area (Å²) in [7, 11) is 0. The van der Waals surface area contributed by atoms with Gasteiger partial charge < -0.3 is 19.5 Å². The second-order valence-electron chi connectivity index (χ2n) is 7.09. The van der Waals surface area contributed by atoms with Crippen LogP contribution in [0.3, 0.4) is 0 Å². The monoisotopic (exact) mass is 447 g/mol. The maximum absolute atomic E-state index is 12.5. The summed E-state index contributed by atoms with van der Waals surface area (Å²) in [5.41, 5.74) is 2.67. The fraction of sp³-hybridized carbons (Fsp3) is 0.409. The van der Waals surface area contributed by atoms with Crippen molar-refractivity contribution < 1.29 is 19.0 Å². The second-order valence-corrected chi connectivity index (χ2v) is 8.00. The Morgan fingerprint density at radius 2 is 1.93 bits per heavy atom. The minimum atomic E-state index is -0.617. The van der Waals surface area contributed by atoms with Gasteiger partial charge in [0, 0.05) is 16.8 Å². The third-order valence-corrected chi connectivity index (χ3v) is 5.13. The van der Waals surface area contributed by atoms with Crippen molar-refractivity contribution in [3.8, 4) is 11.5 Å². The van der Waals surface area contributed by atoms with Crippen LogP contribution in [-0.2, 0) is 9.53 Å². The highest BCUT2D eigenvalue weighted by Gasteiger charge is 2.18. The van der Waals surface area contributed by atoms with Crippen LogP contribution in [0.1, 0.15) is 30.9 Å². The van der Waals surface area contributed by atoms with Gasteiger partial charge in [-0.2, -0.15) is 0 Å². The van der Waals surface area contributed by atoms with Crippen molar-refractivity contribution in [3.05, 3.63) is 52.0 Å². The van der Waals surface area contributed by atoms with E-state index in [2.05, 4.69) is 21.2 Å². The molecule has 1 fully saturated rings. The molecule has 0 spiro atoms. The van der Waals surface area contributed by atoms with Gasteiger partial charge in [-0.3, -0.25) is 4.79 Å². The lowest BCUT2D eigenvalue weighted by molar-refractivity contribution is -0.122. The van der Waals surface area contributed by atoms with Gasteiger partial charge >= 0.3 is 0 Å². The topological polar surface area (TPSA) is 56.8 Å². The summed E-state index contributed by atoms with van der Waals surface area (Å²) in [6, 6.07) is 11.3. The molecule has 0 saturated carbocycles. The Kier molecular flexibility index (Phi) is 6.97. The number of carbonyl (C=O) groups is 1. The number of anilines is 1. The maximum Gasteiger partial charge on any atom is 0.265 e. The van der Waals surface area contributed by atoms with Gasteiger partial charge in [-0.1, -0.05) is 15.9 Å². The fourth-order valence-corrected chi connectivity index (χ4v) is 3.84. The molecule has 0 bridgehead atoms. The number of ether oxygens (including phenoxy) is 3. The molecule has 0 radical (unpaired) electrons. The SMILES string of the molecule is Cc1cc(Br)cc(C)c1O[C@@H](C)C(=O)Nc1ccc(OC[C@H]2CCCO2)cc1. The van der Waals surface area contributed by atoms with Gasteiger partial charge in [-0.05, 0) is 81.1 Å². The number of nitrogens with one attached hydrogen (secondary N) is 1. The van der Waals surface area contributed by atoms with Gasteiger partial charge in [-0.25, -0.2) is 0 Å². The van der Waals surface area contributed by atoms with E-state index in [4.69, 9.17) is 14.2 Å². The van der Waals surface area contributed by atoms with E-state index < -0.39 is 6.10 Å². The highest BCUT2D eigenvalue weighted by atomic mass is 79.9. The average Bonchev–Trinajstić information content (AvgIpc) is 3.17. The first kappa shape index (κ1) is 20.7.